The van der Waals surface area contributed by atoms with Gasteiger partial charge < -0.3 is 15.2 Å². The number of hydrogen-bond acceptors (Lipinski definition) is 3. The summed E-state index contributed by atoms with van der Waals surface area (Å²) in [4.78, 5) is 23.7. The van der Waals surface area contributed by atoms with Crippen molar-refractivity contribution in [3.63, 3.8) is 0 Å². The lowest BCUT2D eigenvalue weighted by Crippen LogP contribution is -2.29. The van der Waals surface area contributed by atoms with Gasteiger partial charge in [-0.1, -0.05) is 42.5 Å². The van der Waals surface area contributed by atoms with Gasteiger partial charge in [-0.25, -0.2) is 0 Å². The zero-order valence-corrected chi connectivity index (χ0v) is 15.4. The standard InChI is InChI=1S/C22H25NO4/c1-15(16-7-3-2-4-8-16)27-20-10-6-5-9-19(20)23-21(24)17-11-13-18(14-12-17)22(25)26/h2-10,15,17-18H,11-14H2,1H3,(H,23,24)(H,25,26). The van der Waals surface area contributed by atoms with Crippen molar-refractivity contribution in [2.75, 3.05) is 5.32 Å². The van der Waals surface area contributed by atoms with Crippen LogP contribution < -0.4 is 10.1 Å². The minimum Gasteiger partial charge on any atom is -0.484 e. The molecule has 1 unspecified atom stereocenters. The monoisotopic (exact) mass is 367 g/mol. The van der Waals surface area contributed by atoms with Gasteiger partial charge in [0.2, 0.25) is 5.91 Å². The van der Waals surface area contributed by atoms with Gasteiger partial charge in [0.15, 0.2) is 0 Å². The van der Waals surface area contributed by atoms with Crippen molar-refractivity contribution in [3.05, 3.63) is 60.2 Å². The smallest absolute Gasteiger partial charge is 0.306 e. The highest BCUT2D eigenvalue weighted by atomic mass is 16.5. The molecule has 5 nitrogen and oxygen atoms in total. The molecule has 1 aliphatic rings. The van der Waals surface area contributed by atoms with Crippen LogP contribution in [0.15, 0.2) is 54.6 Å². The van der Waals surface area contributed by atoms with Crippen LogP contribution in [-0.4, -0.2) is 17.0 Å². The maximum Gasteiger partial charge on any atom is 0.306 e. The van der Waals surface area contributed by atoms with E-state index in [1.807, 2.05) is 61.5 Å². The lowest BCUT2D eigenvalue weighted by molar-refractivity contribution is -0.143. The molecule has 0 spiro atoms. The summed E-state index contributed by atoms with van der Waals surface area (Å²) >= 11 is 0. The van der Waals surface area contributed by atoms with Gasteiger partial charge in [-0.05, 0) is 50.3 Å². The number of carboxylic acids is 1. The summed E-state index contributed by atoms with van der Waals surface area (Å²) < 4.78 is 6.08. The maximum atomic E-state index is 12.6. The van der Waals surface area contributed by atoms with Crippen LogP contribution in [0.25, 0.3) is 0 Å². The summed E-state index contributed by atoms with van der Waals surface area (Å²) in [6.07, 6.45) is 2.17. The number of nitrogens with one attached hydrogen (secondary N) is 1. The zero-order chi connectivity index (χ0) is 19.2. The van der Waals surface area contributed by atoms with E-state index in [2.05, 4.69) is 5.32 Å². The summed E-state index contributed by atoms with van der Waals surface area (Å²) in [6.45, 7) is 1.97. The van der Waals surface area contributed by atoms with Gasteiger partial charge in [0.05, 0.1) is 11.6 Å². The van der Waals surface area contributed by atoms with Gasteiger partial charge in [0.25, 0.3) is 0 Å². The average Bonchev–Trinajstić information content (AvgIpc) is 2.70. The Hall–Kier alpha value is -2.82. The van der Waals surface area contributed by atoms with Crippen molar-refractivity contribution in [3.8, 4) is 5.75 Å². The van der Waals surface area contributed by atoms with Crippen LogP contribution >= 0.6 is 0 Å². The van der Waals surface area contributed by atoms with E-state index in [0.29, 0.717) is 37.1 Å². The van der Waals surface area contributed by atoms with Crippen LogP contribution in [0.1, 0.15) is 44.3 Å². The Labute approximate surface area is 159 Å². The van der Waals surface area contributed by atoms with Crippen LogP contribution in [0.5, 0.6) is 5.75 Å². The van der Waals surface area contributed by atoms with Crippen molar-refractivity contribution in [1.29, 1.82) is 0 Å². The van der Waals surface area contributed by atoms with E-state index < -0.39 is 5.97 Å². The molecule has 0 heterocycles. The molecule has 0 radical (unpaired) electrons. The van der Waals surface area contributed by atoms with Crippen molar-refractivity contribution < 1.29 is 19.4 Å². The molecule has 2 aromatic carbocycles. The third-order valence-corrected chi connectivity index (χ3v) is 5.16. The van der Waals surface area contributed by atoms with Crippen LogP contribution in [-0.2, 0) is 9.59 Å². The molecule has 5 heteroatoms. The molecule has 0 aromatic heterocycles. The molecule has 1 saturated carbocycles. The quantitative estimate of drug-likeness (QED) is 0.779. The molecule has 2 aromatic rings. The van der Waals surface area contributed by atoms with Crippen LogP contribution in [0.4, 0.5) is 5.69 Å². The van der Waals surface area contributed by atoms with Crippen LogP contribution in [0.3, 0.4) is 0 Å². The normalized spacial score (nSPS) is 20.5. The topological polar surface area (TPSA) is 75.6 Å². The second-order valence-corrected chi connectivity index (χ2v) is 7.04. The number of amides is 1. The lowest BCUT2D eigenvalue weighted by atomic mass is 9.81. The molecule has 1 aliphatic carbocycles. The lowest BCUT2D eigenvalue weighted by Gasteiger charge is -2.25. The van der Waals surface area contributed by atoms with Crippen molar-refractivity contribution >= 4 is 17.6 Å². The van der Waals surface area contributed by atoms with Crippen LogP contribution in [0.2, 0.25) is 0 Å². The van der Waals surface area contributed by atoms with Gasteiger partial charge in [-0.3, -0.25) is 9.59 Å². The zero-order valence-electron chi connectivity index (χ0n) is 15.4. The van der Waals surface area contributed by atoms with Gasteiger partial charge in [0.1, 0.15) is 11.9 Å². The molecule has 1 atom stereocenters. The number of hydrogen-bond donors (Lipinski definition) is 2. The first-order valence-corrected chi connectivity index (χ1v) is 9.39. The van der Waals surface area contributed by atoms with E-state index in [-0.39, 0.29) is 23.8 Å². The molecule has 1 amide bonds. The van der Waals surface area contributed by atoms with E-state index in [4.69, 9.17) is 9.84 Å². The first-order valence-electron chi connectivity index (χ1n) is 9.39. The number of carbonyl (C=O) groups excluding carboxylic acids is 1. The summed E-state index contributed by atoms with van der Waals surface area (Å²) in [5, 5.41) is 12.1. The number of benzene rings is 2. The minimum absolute atomic E-state index is 0.0674. The first kappa shape index (κ1) is 19.0. The number of ether oxygens (including phenoxy) is 1. The van der Waals surface area contributed by atoms with Gasteiger partial charge in [0, 0.05) is 5.92 Å². The van der Waals surface area contributed by atoms with Crippen molar-refractivity contribution in [1.82, 2.24) is 0 Å². The molecule has 3 rings (SSSR count). The highest BCUT2D eigenvalue weighted by Gasteiger charge is 2.30. The molecular formula is C22H25NO4. The Morgan fingerprint density at radius 3 is 2.22 bits per heavy atom. The second kappa shape index (κ2) is 8.71. The SMILES string of the molecule is CC(Oc1ccccc1NC(=O)C1CCC(C(=O)O)CC1)c1ccccc1. The Morgan fingerprint density at radius 1 is 0.963 bits per heavy atom. The number of carboxylic acid groups (broad SMARTS) is 1. The Kier molecular flexibility index (Phi) is 6.12. The predicted octanol–water partition coefficient (Wildman–Crippen LogP) is 4.66. The number of anilines is 1. The molecule has 1 fully saturated rings. The fraction of sp³-hybridized carbons (Fsp3) is 0.364. The minimum atomic E-state index is -0.762. The highest BCUT2D eigenvalue weighted by Crippen LogP contribution is 2.32. The fourth-order valence-corrected chi connectivity index (χ4v) is 3.49. The van der Waals surface area contributed by atoms with E-state index >= 15 is 0 Å². The molecule has 0 aliphatic heterocycles. The van der Waals surface area contributed by atoms with Gasteiger partial charge in [-0.2, -0.15) is 0 Å². The fourth-order valence-electron chi connectivity index (χ4n) is 3.49. The van der Waals surface area contributed by atoms with E-state index in [9.17, 15) is 9.59 Å². The Balaban J connectivity index is 1.64. The molecule has 142 valence electrons. The van der Waals surface area contributed by atoms with Gasteiger partial charge in [-0.15, -0.1) is 0 Å². The van der Waals surface area contributed by atoms with Gasteiger partial charge >= 0.3 is 5.97 Å². The van der Waals surface area contributed by atoms with Crippen molar-refractivity contribution in [2.45, 2.75) is 38.7 Å². The van der Waals surface area contributed by atoms with Crippen molar-refractivity contribution in [2.24, 2.45) is 11.8 Å². The summed E-state index contributed by atoms with van der Waals surface area (Å²) in [5.41, 5.74) is 1.70. The Bertz CT molecular complexity index is 782. The maximum absolute atomic E-state index is 12.6. The number of rotatable bonds is 6. The molecule has 27 heavy (non-hydrogen) atoms. The summed E-state index contributed by atoms with van der Waals surface area (Å²) in [6, 6.07) is 17.3. The first-order chi connectivity index (χ1) is 13.0. The Morgan fingerprint density at radius 2 is 1.56 bits per heavy atom. The highest BCUT2D eigenvalue weighted by molar-refractivity contribution is 5.94. The number of carbonyl (C=O) groups is 2. The summed E-state index contributed by atoms with van der Waals surface area (Å²) in [5.74, 6) is -0.678. The molecule has 0 saturated heterocycles. The molecule has 2 N–H and O–H groups in total. The third-order valence-electron chi connectivity index (χ3n) is 5.16. The number of para-hydroxylation sites is 2. The average molecular weight is 367 g/mol. The van der Waals surface area contributed by atoms with E-state index in [1.165, 1.54) is 0 Å². The largest absolute Gasteiger partial charge is 0.484 e. The summed E-state index contributed by atoms with van der Waals surface area (Å²) in [7, 11) is 0. The molecular weight excluding hydrogens is 342 g/mol. The number of aliphatic carboxylic acids is 1. The molecule has 0 bridgehead atoms. The third kappa shape index (κ3) is 4.88. The van der Waals surface area contributed by atoms with Crippen LogP contribution in [0, 0.1) is 11.8 Å². The van der Waals surface area contributed by atoms with E-state index in [0.717, 1.165) is 5.56 Å². The van der Waals surface area contributed by atoms with E-state index in [1.54, 1.807) is 0 Å². The predicted molar refractivity (Wildman–Crippen MR) is 104 cm³/mol. The second-order valence-electron chi connectivity index (χ2n) is 7.04.